The summed E-state index contributed by atoms with van der Waals surface area (Å²) in [6.45, 7) is 2.90. The Kier molecular flexibility index (Phi) is 4.78. The second-order valence-electron chi connectivity index (χ2n) is 6.53. The number of hydrogen-bond acceptors (Lipinski definition) is 4. The molecule has 3 rings (SSSR count). The number of benzene rings is 1. The maximum atomic E-state index is 12.9. The molecule has 2 fully saturated rings. The van der Waals surface area contributed by atoms with E-state index < -0.39 is 0 Å². The standard InChI is InChI=1S/C18H24N2O3/c1-13-5-4-7-15(11-13)20-17(22)12-16(18(20)23)19-9-3-2-6-14(19)8-10-21/h4-5,7,11,14,16,21H,2-3,6,8-10,12H2,1H3. The van der Waals surface area contributed by atoms with Gasteiger partial charge in [-0.05, 0) is 50.4 Å². The number of likely N-dealkylation sites (tertiary alicyclic amines) is 1. The first-order valence-electron chi connectivity index (χ1n) is 8.42. The highest BCUT2D eigenvalue weighted by Crippen LogP contribution is 2.30. The highest BCUT2D eigenvalue weighted by atomic mass is 16.3. The van der Waals surface area contributed by atoms with E-state index in [2.05, 4.69) is 4.90 Å². The first-order valence-corrected chi connectivity index (χ1v) is 8.42. The van der Waals surface area contributed by atoms with Crippen molar-refractivity contribution >= 4 is 17.5 Å². The van der Waals surface area contributed by atoms with Crippen molar-refractivity contribution in [3.05, 3.63) is 29.8 Å². The monoisotopic (exact) mass is 316 g/mol. The number of nitrogens with zero attached hydrogens (tertiary/aromatic N) is 2. The summed E-state index contributed by atoms with van der Waals surface area (Å²) in [6, 6.07) is 7.33. The Morgan fingerprint density at radius 1 is 1.26 bits per heavy atom. The van der Waals surface area contributed by atoms with Crippen LogP contribution in [0.4, 0.5) is 5.69 Å². The highest BCUT2D eigenvalue weighted by Gasteiger charge is 2.44. The summed E-state index contributed by atoms with van der Waals surface area (Å²) in [5, 5.41) is 9.27. The summed E-state index contributed by atoms with van der Waals surface area (Å²) in [4.78, 5) is 28.8. The lowest BCUT2D eigenvalue weighted by atomic mass is 9.97. The SMILES string of the molecule is Cc1cccc(N2C(=O)CC(N3CCCCC3CCO)C2=O)c1. The van der Waals surface area contributed by atoms with Crippen LogP contribution in [0.2, 0.25) is 0 Å². The number of carbonyl (C=O) groups excluding carboxylic acids is 2. The maximum Gasteiger partial charge on any atom is 0.251 e. The third-order valence-corrected chi connectivity index (χ3v) is 4.92. The molecule has 0 aromatic heterocycles. The molecule has 0 radical (unpaired) electrons. The average Bonchev–Trinajstić information content (AvgIpc) is 2.83. The number of amides is 2. The Morgan fingerprint density at radius 2 is 2.09 bits per heavy atom. The normalized spacial score (nSPS) is 26.1. The second kappa shape index (κ2) is 6.81. The summed E-state index contributed by atoms with van der Waals surface area (Å²) >= 11 is 0. The number of anilines is 1. The molecule has 2 aliphatic rings. The van der Waals surface area contributed by atoms with Crippen LogP contribution in [-0.2, 0) is 9.59 Å². The van der Waals surface area contributed by atoms with Crippen molar-refractivity contribution in [3.8, 4) is 0 Å². The van der Waals surface area contributed by atoms with Crippen LogP contribution in [0.1, 0.15) is 37.7 Å². The van der Waals surface area contributed by atoms with Gasteiger partial charge in [-0.1, -0.05) is 18.6 Å². The van der Waals surface area contributed by atoms with Gasteiger partial charge in [-0.2, -0.15) is 0 Å². The van der Waals surface area contributed by atoms with Crippen LogP contribution < -0.4 is 4.90 Å². The van der Waals surface area contributed by atoms with Crippen LogP contribution in [0.15, 0.2) is 24.3 Å². The fourth-order valence-electron chi connectivity index (χ4n) is 3.81. The van der Waals surface area contributed by atoms with Crippen molar-refractivity contribution < 1.29 is 14.7 Å². The minimum atomic E-state index is -0.375. The van der Waals surface area contributed by atoms with E-state index in [0.717, 1.165) is 31.4 Å². The minimum absolute atomic E-state index is 0.120. The fraction of sp³-hybridized carbons (Fsp3) is 0.556. The fourth-order valence-corrected chi connectivity index (χ4v) is 3.81. The Balaban J connectivity index is 1.83. The highest BCUT2D eigenvalue weighted by molar-refractivity contribution is 6.22. The van der Waals surface area contributed by atoms with Crippen molar-refractivity contribution in [3.63, 3.8) is 0 Å². The van der Waals surface area contributed by atoms with Gasteiger partial charge >= 0.3 is 0 Å². The van der Waals surface area contributed by atoms with E-state index in [1.807, 2.05) is 31.2 Å². The molecule has 1 N–H and O–H groups in total. The van der Waals surface area contributed by atoms with Gasteiger partial charge in [0.25, 0.3) is 5.91 Å². The van der Waals surface area contributed by atoms with Crippen molar-refractivity contribution in [2.45, 2.75) is 51.1 Å². The number of imide groups is 1. The van der Waals surface area contributed by atoms with E-state index in [4.69, 9.17) is 0 Å². The molecule has 0 aliphatic carbocycles. The van der Waals surface area contributed by atoms with Gasteiger partial charge in [-0.15, -0.1) is 0 Å². The Morgan fingerprint density at radius 3 is 2.83 bits per heavy atom. The Bertz CT molecular complexity index is 600. The molecule has 2 heterocycles. The number of rotatable bonds is 4. The average molecular weight is 316 g/mol. The van der Waals surface area contributed by atoms with E-state index in [1.54, 1.807) is 0 Å². The van der Waals surface area contributed by atoms with Crippen LogP contribution >= 0.6 is 0 Å². The molecule has 1 aromatic carbocycles. The number of hydrogen-bond donors (Lipinski definition) is 1. The van der Waals surface area contributed by atoms with E-state index in [-0.39, 0.29) is 36.9 Å². The molecule has 2 atom stereocenters. The predicted molar refractivity (Wildman–Crippen MR) is 88.1 cm³/mol. The quantitative estimate of drug-likeness (QED) is 0.862. The molecule has 0 spiro atoms. The van der Waals surface area contributed by atoms with Crippen LogP contribution in [0.25, 0.3) is 0 Å². The van der Waals surface area contributed by atoms with Gasteiger partial charge in [0.15, 0.2) is 0 Å². The molecule has 5 nitrogen and oxygen atoms in total. The molecule has 0 saturated carbocycles. The first-order chi connectivity index (χ1) is 11.1. The largest absolute Gasteiger partial charge is 0.396 e. The molecule has 2 unspecified atom stereocenters. The van der Waals surface area contributed by atoms with Gasteiger partial charge in [-0.3, -0.25) is 14.5 Å². The lowest BCUT2D eigenvalue weighted by Crippen LogP contribution is -2.50. The molecular formula is C18H24N2O3. The minimum Gasteiger partial charge on any atom is -0.396 e. The smallest absolute Gasteiger partial charge is 0.251 e. The lowest BCUT2D eigenvalue weighted by Gasteiger charge is -2.38. The van der Waals surface area contributed by atoms with Gasteiger partial charge in [0, 0.05) is 12.6 Å². The lowest BCUT2D eigenvalue weighted by molar-refractivity contribution is -0.123. The Hall–Kier alpha value is -1.72. The van der Waals surface area contributed by atoms with Gasteiger partial charge in [0.05, 0.1) is 18.2 Å². The zero-order valence-electron chi connectivity index (χ0n) is 13.6. The van der Waals surface area contributed by atoms with E-state index >= 15 is 0 Å². The van der Waals surface area contributed by atoms with Crippen molar-refractivity contribution in [2.75, 3.05) is 18.1 Å². The van der Waals surface area contributed by atoms with Crippen molar-refractivity contribution in [2.24, 2.45) is 0 Å². The van der Waals surface area contributed by atoms with Gasteiger partial charge in [0.2, 0.25) is 5.91 Å². The molecule has 1 aromatic rings. The summed E-state index contributed by atoms with van der Waals surface area (Å²) in [5.41, 5.74) is 1.70. The summed E-state index contributed by atoms with van der Waals surface area (Å²) in [7, 11) is 0. The number of piperidine rings is 1. The first kappa shape index (κ1) is 16.1. The molecule has 0 bridgehead atoms. The van der Waals surface area contributed by atoms with Crippen LogP contribution in [0.5, 0.6) is 0 Å². The summed E-state index contributed by atoms with van der Waals surface area (Å²) in [5.74, 6) is -0.246. The summed E-state index contributed by atoms with van der Waals surface area (Å²) < 4.78 is 0. The number of aliphatic hydroxyl groups excluding tert-OH is 1. The van der Waals surface area contributed by atoms with Gasteiger partial charge < -0.3 is 5.11 Å². The van der Waals surface area contributed by atoms with Gasteiger partial charge in [0.1, 0.15) is 0 Å². The van der Waals surface area contributed by atoms with E-state index in [1.165, 1.54) is 4.90 Å². The third-order valence-electron chi connectivity index (χ3n) is 4.92. The third kappa shape index (κ3) is 3.16. The number of aliphatic hydroxyl groups is 1. The van der Waals surface area contributed by atoms with Crippen LogP contribution in [-0.4, -0.2) is 47.1 Å². The zero-order chi connectivity index (χ0) is 16.4. The van der Waals surface area contributed by atoms with Crippen molar-refractivity contribution in [1.29, 1.82) is 0 Å². The molecule has 23 heavy (non-hydrogen) atoms. The molecular weight excluding hydrogens is 292 g/mol. The van der Waals surface area contributed by atoms with Gasteiger partial charge in [-0.25, -0.2) is 4.90 Å². The number of aryl methyl sites for hydroxylation is 1. The zero-order valence-corrected chi connectivity index (χ0v) is 13.6. The van der Waals surface area contributed by atoms with E-state index in [0.29, 0.717) is 12.1 Å². The predicted octanol–water partition coefficient (Wildman–Crippen LogP) is 1.86. The van der Waals surface area contributed by atoms with Crippen LogP contribution in [0.3, 0.4) is 0 Å². The second-order valence-corrected chi connectivity index (χ2v) is 6.53. The molecule has 124 valence electrons. The van der Waals surface area contributed by atoms with Crippen molar-refractivity contribution in [1.82, 2.24) is 4.90 Å². The molecule has 2 amide bonds. The molecule has 2 aliphatic heterocycles. The summed E-state index contributed by atoms with van der Waals surface area (Å²) in [6.07, 6.45) is 4.07. The maximum absolute atomic E-state index is 12.9. The molecule has 5 heteroatoms. The molecule has 2 saturated heterocycles. The van der Waals surface area contributed by atoms with Crippen LogP contribution in [0, 0.1) is 6.92 Å². The topological polar surface area (TPSA) is 60.9 Å². The van der Waals surface area contributed by atoms with E-state index in [9.17, 15) is 14.7 Å². The Labute approximate surface area is 136 Å². The number of carbonyl (C=O) groups is 2.